The van der Waals surface area contributed by atoms with Gasteiger partial charge in [0.25, 0.3) is 0 Å². The molecule has 20 heavy (non-hydrogen) atoms. The summed E-state index contributed by atoms with van der Waals surface area (Å²) in [6, 6.07) is 6.96. The third-order valence-corrected chi connectivity index (χ3v) is 3.77. The summed E-state index contributed by atoms with van der Waals surface area (Å²) in [4.78, 5) is 4.39. The number of rotatable bonds is 6. The van der Waals surface area contributed by atoms with E-state index < -0.39 is 0 Å². The monoisotopic (exact) mass is 272 g/mol. The first kappa shape index (κ1) is 14.7. The molecule has 0 fully saturated rings. The Balaban J connectivity index is 2.24. The third kappa shape index (κ3) is 3.25. The van der Waals surface area contributed by atoms with Crippen molar-refractivity contribution < 1.29 is 0 Å². The standard InChI is InChI=1S/C16H24N4/c1-5-17-15(10-16-18-11-19-20(16)6-2)14-8-7-12(3)13(4)9-14/h7-9,11,15,17H,5-6,10H2,1-4H3. The fourth-order valence-corrected chi connectivity index (χ4v) is 2.43. The maximum atomic E-state index is 4.39. The van der Waals surface area contributed by atoms with Gasteiger partial charge < -0.3 is 5.32 Å². The van der Waals surface area contributed by atoms with Gasteiger partial charge in [-0.3, -0.25) is 4.68 Å². The number of aryl methyl sites for hydroxylation is 3. The highest BCUT2D eigenvalue weighted by Gasteiger charge is 2.15. The second kappa shape index (κ2) is 6.66. The van der Waals surface area contributed by atoms with Crippen LogP contribution in [0.1, 0.15) is 42.4 Å². The molecule has 0 spiro atoms. The summed E-state index contributed by atoms with van der Waals surface area (Å²) in [5.41, 5.74) is 3.99. The van der Waals surface area contributed by atoms with Crippen molar-refractivity contribution >= 4 is 0 Å². The Hall–Kier alpha value is -1.68. The number of hydrogen-bond donors (Lipinski definition) is 1. The zero-order valence-corrected chi connectivity index (χ0v) is 12.8. The SMILES string of the molecule is CCNC(Cc1ncnn1CC)c1ccc(C)c(C)c1. The molecule has 1 atom stereocenters. The third-order valence-electron chi connectivity index (χ3n) is 3.77. The second-order valence-electron chi connectivity index (χ2n) is 5.15. The lowest BCUT2D eigenvalue weighted by Crippen LogP contribution is -2.24. The van der Waals surface area contributed by atoms with Crippen LogP contribution in [-0.4, -0.2) is 21.3 Å². The topological polar surface area (TPSA) is 42.7 Å². The molecule has 0 saturated carbocycles. The van der Waals surface area contributed by atoms with Crippen LogP contribution in [0, 0.1) is 13.8 Å². The van der Waals surface area contributed by atoms with E-state index in [9.17, 15) is 0 Å². The minimum absolute atomic E-state index is 0.286. The second-order valence-corrected chi connectivity index (χ2v) is 5.15. The van der Waals surface area contributed by atoms with Gasteiger partial charge in [-0.2, -0.15) is 5.10 Å². The number of nitrogens with zero attached hydrogens (tertiary/aromatic N) is 3. The van der Waals surface area contributed by atoms with Gasteiger partial charge in [-0.25, -0.2) is 4.98 Å². The highest BCUT2D eigenvalue weighted by molar-refractivity contribution is 5.32. The molecular formula is C16H24N4. The molecule has 108 valence electrons. The highest BCUT2D eigenvalue weighted by atomic mass is 15.3. The number of aromatic nitrogens is 3. The van der Waals surface area contributed by atoms with Crippen molar-refractivity contribution in [3.8, 4) is 0 Å². The first-order chi connectivity index (χ1) is 9.65. The van der Waals surface area contributed by atoms with Gasteiger partial charge in [0.05, 0.1) is 0 Å². The molecule has 0 saturated heterocycles. The van der Waals surface area contributed by atoms with Crippen LogP contribution in [0.2, 0.25) is 0 Å². The molecule has 0 aliphatic rings. The van der Waals surface area contributed by atoms with E-state index in [1.807, 2.05) is 4.68 Å². The molecule has 0 bridgehead atoms. The van der Waals surface area contributed by atoms with E-state index in [1.165, 1.54) is 16.7 Å². The van der Waals surface area contributed by atoms with Gasteiger partial charge >= 0.3 is 0 Å². The van der Waals surface area contributed by atoms with Crippen LogP contribution in [-0.2, 0) is 13.0 Å². The molecule has 0 aliphatic heterocycles. The maximum Gasteiger partial charge on any atom is 0.138 e. The summed E-state index contributed by atoms with van der Waals surface area (Å²) in [5.74, 6) is 1.04. The number of likely N-dealkylation sites (N-methyl/N-ethyl adjacent to an activating group) is 1. The van der Waals surface area contributed by atoms with Gasteiger partial charge in [0, 0.05) is 19.0 Å². The van der Waals surface area contributed by atoms with Gasteiger partial charge in [-0.05, 0) is 44.0 Å². The minimum Gasteiger partial charge on any atom is -0.310 e. The summed E-state index contributed by atoms with van der Waals surface area (Å²) >= 11 is 0. The Morgan fingerprint density at radius 1 is 1.20 bits per heavy atom. The lowest BCUT2D eigenvalue weighted by Gasteiger charge is -2.19. The van der Waals surface area contributed by atoms with Gasteiger partial charge in [0.1, 0.15) is 12.2 Å². The smallest absolute Gasteiger partial charge is 0.138 e. The molecule has 1 aromatic heterocycles. The minimum atomic E-state index is 0.286. The molecule has 2 rings (SSSR count). The van der Waals surface area contributed by atoms with Crippen LogP contribution in [0.3, 0.4) is 0 Å². The fraction of sp³-hybridized carbons (Fsp3) is 0.500. The normalized spacial score (nSPS) is 12.6. The van der Waals surface area contributed by atoms with Crippen molar-refractivity contribution in [3.05, 3.63) is 47.0 Å². The molecule has 1 unspecified atom stereocenters. The zero-order chi connectivity index (χ0) is 14.5. The summed E-state index contributed by atoms with van der Waals surface area (Å²) in [6.07, 6.45) is 2.51. The van der Waals surface area contributed by atoms with Gasteiger partial charge in [0.2, 0.25) is 0 Å². The van der Waals surface area contributed by atoms with Crippen LogP contribution >= 0.6 is 0 Å². The van der Waals surface area contributed by atoms with E-state index in [2.05, 4.69) is 61.3 Å². The zero-order valence-electron chi connectivity index (χ0n) is 12.8. The Morgan fingerprint density at radius 2 is 2.00 bits per heavy atom. The molecule has 0 radical (unpaired) electrons. The summed E-state index contributed by atoms with van der Waals surface area (Å²) < 4.78 is 1.96. The quantitative estimate of drug-likeness (QED) is 0.879. The summed E-state index contributed by atoms with van der Waals surface area (Å²) in [7, 11) is 0. The first-order valence-electron chi connectivity index (χ1n) is 7.32. The largest absolute Gasteiger partial charge is 0.310 e. The molecule has 0 amide bonds. The Bertz CT molecular complexity index is 559. The van der Waals surface area contributed by atoms with Crippen molar-refractivity contribution in [2.75, 3.05) is 6.54 Å². The molecule has 1 aromatic carbocycles. The van der Waals surface area contributed by atoms with Gasteiger partial charge in [0.15, 0.2) is 0 Å². The Kier molecular flexibility index (Phi) is 4.90. The van der Waals surface area contributed by atoms with E-state index in [1.54, 1.807) is 6.33 Å². The fourth-order valence-electron chi connectivity index (χ4n) is 2.43. The van der Waals surface area contributed by atoms with Crippen LogP contribution < -0.4 is 5.32 Å². The van der Waals surface area contributed by atoms with Gasteiger partial charge in [-0.15, -0.1) is 0 Å². The van der Waals surface area contributed by atoms with E-state index >= 15 is 0 Å². The van der Waals surface area contributed by atoms with E-state index in [4.69, 9.17) is 0 Å². The van der Waals surface area contributed by atoms with Crippen LogP contribution in [0.25, 0.3) is 0 Å². The van der Waals surface area contributed by atoms with E-state index in [-0.39, 0.29) is 6.04 Å². The molecule has 4 nitrogen and oxygen atoms in total. The van der Waals surface area contributed by atoms with Crippen LogP contribution in [0.5, 0.6) is 0 Å². The average Bonchev–Trinajstić information content (AvgIpc) is 2.88. The van der Waals surface area contributed by atoms with Crippen molar-refractivity contribution in [3.63, 3.8) is 0 Å². The van der Waals surface area contributed by atoms with Crippen molar-refractivity contribution in [2.24, 2.45) is 0 Å². The number of hydrogen-bond acceptors (Lipinski definition) is 3. The predicted octanol–water partition coefficient (Wildman–Crippen LogP) is 2.81. The number of benzene rings is 1. The lowest BCUT2D eigenvalue weighted by atomic mass is 9.98. The van der Waals surface area contributed by atoms with Crippen molar-refractivity contribution in [2.45, 2.75) is 46.7 Å². The molecule has 1 heterocycles. The van der Waals surface area contributed by atoms with E-state index in [0.717, 1.165) is 25.3 Å². The van der Waals surface area contributed by atoms with Crippen LogP contribution in [0.15, 0.2) is 24.5 Å². The Labute approximate surface area is 121 Å². The predicted molar refractivity (Wildman–Crippen MR) is 81.7 cm³/mol. The molecule has 1 N–H and O–H groups in total. The van der Waals surface area contributed by atoms with Crippen molar-refractivity contribution in [1.29, 1.82) is 0 Å². The molecular weight excluding hydrogens is 248 g/mol. The maximum absolute atomic E-state index is 4.39. The molecule has 4 heteroatoms. The van der Waals surface area contributed by atoms with Crippen molar-refractivity contribution in [1.82, 2.24) is 20.1 Å². The van der Waals surface area contributed by atoms with Gasteiger partial charge in [-0.1, -0.05) is 25.1 Å². The molecule has 2 aromatic rings. The highest BCUT2D eigenvalue weighted by Crippen LogP contribution is 2.20. The van der Waals surface area contributed by atoms with Crippen LogP contribution in [0.4, 0.5) is 0 Å². The van der Waals surface area contributed by atoms with E-state index in [0.29, 0.717) is 0 Å². The summed E-state index contributed by atoms with van der Waals surface area (Å²) in [5, 5.41) is 7.81. The molecule has 0 aliphatic carbocycles. The Morgan fingerprint density at radius 3 is 2.65 bits per heavy atom. The number of nitrogens with one attached hydrogen (secondary N) is 1. The average molecular weight is 272 g/mol. The summed E-state index contributed by atoms with van der Waals surface area (Å²) in [6.45, 7) is 10.3. The lowest BCUT2D eigenvalue weighted by molar-refractivity contribution is 0.509. The first-order valence-corrected chi connectivity index (χ1v) is 7.32.